The Kier molecular flexibility index (Phi) is 4.17. The number of rotatable bonds is 4. The number of hydrogen-bond donors (Lipinski definition) is 1. The molecule has 1 heterocycles. The second kappa shape index (κ2) is 5.85. The molecule has 3 nitrogen and oxygen atoms in total. The van der Waals surface area contributed by atoms with Gasteiger partial charge in [-0.25, -0.2) is 4.98 Å². The summed E-state index contributed by atoms with van der Waals surface area (Å²) in [4.78, 5) is 6.56. The van der Waals surface area contributed by atoms with Crippen molar-refractivity contribution in [3.8, 4) is 0 Å². The van der Waals surface area contributed by atoms with E-state index in [0.29, 0.717) is 0 Å². The topological polar surface area (TPSA) is 36.4 Å². The number of aliphatic hydroxyl groups excluding tert-OH is 1. The van der Waals surface area contributed by atoms with Crippen molar-refractivity contribution in [2.45, 2.75) is 26.9 Å². The summed E-state index contributed by atoms with van der Waals surface area (Å²) in [6.07, 6.45) is 1.24. The molecule has 1 aromatic heterocycles. The van der Waals surface area contributed by atoms with E-state index in [4.69, 9.17) is 0 Å². The lowest BCUT2D eigenvalue weighted by Gasteiger charge is -2.25. The van der Waals surface area contributed by atoms with Crippen molar-refractivity contribution in [1.29, 1.82) is 0 Å². The molecule has 0 unspecified atom stereocenters. The molecular weight excluding hydrogens is 236 g/mol. The minimum atomic E-state index is -0.525. The maximum absolute atomic E-state index is 9.88. The fourth-order valence-electron chi connectivity index (χ4n) is 2.21. The van der Waals surface area contributed by atoms with Crippen molar-refractivity contribution in [3.05, 3.63) is 53.7 Å². The summed E-state index contributed by atoms with van der Waals surface area (Å²) in [5.41, 5.74) is 3.17. The van der Waals surface area contributed by atoms with Crippen LogP contribution < -0.4 is 4.90 Å². The van der Waals surface area contributed by atoms with Gasteiger partial charge in [-0.15, -0.1) is 0 Å². The number of nitrogens with zero attached hydrogens (tertiary/aromatic N) is 2. The van der Waals surface area contributed by atoms with E-state index >= 15 is 0 Å². The van der Waals surface area contributed by atoms with Gasteiger partial charge in [0.25, 0.3) is 0 Å². The van der Waals surface area contributed by atoms with Gasteiger partial charge in [-0.1, -0.05) is 18.2 Å². The lowest BCUT2D eigenvalue weighted by atomic mass is 10.1. The number of aromatic nitrogens is 1. The van der Waals surface area contributed by atoms with Crippen molar-refractivity contribution in [2.24, 2.45) is 0 Å². The van der Waals surface area contributed by atoms with Crippen molar-refractivity contribution in [2.75, 3.05) is 11.4 Å². The van der Waals surface area contributed by atoms with Gasteiger partial charge in [-0.2, -0.15) is 0 Å². The fraction of sp³-hybridized carbons (Fsp3) is 0.312. The Hall–Kier alpha value is -1.87. The summed E-state index contributed by atoms with van der Waals surface area (Å²) in [5.74, 6) is 0.825. The first-order valence-corrected chi connectivity index (χ1v) is 6.60. The lowest BCUT2D eigenvalue weighted by Crippen LogP contribution is -2.19. The molecule has 2 aromatic rings. The zero-order chi connectivity index (χ0) is 13.8. The molecule has 0 fully saturated rings. The molecule has 100 valence electrons. The molecule has 0 saturated carbocycles. The zero-order valence-electron chi connectivity index (χ0n) is 11.7. The van der Waals surface area contributed by atoms with Crippen molar-refractivity contribution in [3.63, 3.8) is 0 Å². The van der Waals surface area contributed by atoms with Crippen molar-refractivity contribution < 1.29 is 5.11 Å². The average Bonchev–Trinajstić information content (AvgIpc) is 2.40. The minimum Gasteiger partial charge on any atom is -0.389 e. The van der Waals surface area contributed by atoms with Gasteiger partial charge in [0.05, 0.1) is 6.10 Å². The second-order valence-electron chi connectivity index (χ2n) is 4.68. The third-order valence-electron chi connectivity index (χ3n) is 3.15. The monoisotopic (exact) mass is 256 g/mol. The smallest absolute Gasteiger partial charge is 0.138 e. The number of aliphatic hydroxyl groups is 1. The van der Waals surface area contributed by atoms with Crippen LogP contribution in [0.25, 0.3) is 0 Å². The van der Waals surface area contributed by atoms with Gasteiger partial charge < -0.3 is 10.0 Å². The van der Waals surface area contributed by atoms with Crippen LogP contribution in [0.2, 0.25) is 0 Å². The predicted molar refractivity (Wildman–Crippen MR) is 78.7 cm³/mol. The van der Waals surface area contributed by atoms with Crippen molar-refractivity contribution >= 4 is 11.5 Å². The van der Waals surface area contributed by atoms with Gasteiger partial charge in [0.2, 0.25) is 0 Å². The van der Waals surface area contributed by atoms with E-state index in [9.17, 15) is 5.11 Å². The molecule has 1 N–H and O–H groups in total. The molecule has 0 aliphatic rings. The third-order valence-corrected chi connectivity index (χ3v) is 3.15. The maximum Gasteiger partial charge on any atom is 0.138 e. The molecule has 0 aliphatic carbocycles. The van der Waals surface area contributed by atoms with Crippen molar-refractivity contribution in [1.82, 2.24) is 4.98 Å². The molecule has 0 saturated heterocycles. The maximum atomic E-state index is 9.88. The molecule has 2 rings (SSSR count). The average molecular weight is 256 g/mol. The fourth-order valence-corrected chi connectivity index (χ4v) is 2.21. The SMILES string of the molecule is CCN(c1cccc(C)c1)c1ncccc1[C@H](C)O. The molecular formula is C16H20N2O. The van der Waals surface area contributed by atoms with Crippen LogP contribution >= 0.6 is 0 Å². The van der Waals surface area contributed by atoms with Crippen LogP contribution in [0.3, 0.4) is 0 Å². The first kappa shape index (κ1) is 13.6. The molecule has 0 amide bonds. The minimum absolute atomic E-state index is 0.525. The number of hydrogen-bond acceptors (Lipinski definition) is 3. The molecule has 1 aromatic carbocycles. The molecule has 1 atom stereocenters. The van der Waals surface area contributed by atoms with Crippen LogP contribution in [0.5, 0.6) is 0 Å². The quantitative estimate of drug-likeness (QED) is 0.908. The number of anilines is 2. The summed E-state index contributed by atoms with van der Waals surface area (Å²) in [7, 11) is 0. The highest BCUT2D eigenvalue weighted by molar-refractivity contribution is 5.63. The van der Waals surface area contributed by atoms with Crippen LogP contribution in [0.15, 0.2) is 42.6 Å². The molecule has 3 heteroatoms. The predicted octanol–water partition coefficient (Wildman–Crippen LogP) is 3.60. The molecule has 0 bridgehead atoms. The van der Waals surface area contributed by atoms with Gasteiger partial charge in [-0.3, -0.25) is 0 Å². The summed E-state index contributed by atoms with van der Waals surface area (Å²) >= 11 is 0. The Balaban J connectivity index is 2.48. The zero-order valence-corrected chi connectivity index (χ0v) is 11.7. The molecule has 0 spiro atoms. The Labute approximate surface area is 114 Å². The molecule has 19 heavy (non-hydrogen) atoms. The lowest BCUT2D eigenvalue weighted by molar-refractivity contribution is 0.199. The largest absolute Gasteiger partial charge is 0.389 e. The van der Waals surface area contributed by atoms with Gasteiger partial charge in [0.15, 0.2) is 0 Å². The third kappa shape index (κ3) is 2.93. The Morgan fingerprint density at radius 2 is 2.05 bits per heavy atom. The van der Waals surface area contributed by atoms with Crippen LogP contribution in [0.1, 0.15) is 31.1 Å². The van der Waals surface area contributed by atoms with Crippen LogP contribution in [-0.2, 0) is 0 Å². The summed E-state index contributed by atoms with van der Waals surface area (Å²) < 4.78 is 0. The highest BCUT2D eigenvalue weighted by Crippen LogP contribution is 2.30. The van der Waals surface area contributed by atoms with E-state index in [-0.39, 0.29) is 0 Å². The summed E-state index contributed by atoms with van der Waals surface area (Å²) in [6, 6.07) is 12.1. The van der Waals surface area contributed by atoms with E-state index in [2.05, 4.69) is 41.9 Å². The van der Waals surface area contributed by atoms with Crippen LogP contribution in [0.4, 0.5) is 11.5 Å². The Morgan fingerprint density at radius 1 is 1.26 bits per heavy atom. The van der Waals surface area contributed by atoms with E-state index < -0.39 is 6.10 Å². The summed E-state index contributed by atoms with van der Waals surface area (Å²) in [5, 5.41) is 9.88. The first-order chi connectivity index (χ1) is 9.13. The van der Waals surface area contributed by atoms with E-state index in [0.717, 1.165) is 23.6 Å². The molecule has 0 aliphatic heterocycles. The van der Waals surface area contributed by atoms with E-state index in [1.165, 1.54) is 5.56 Å². The normalized spacial score (nSPS) is 12.2. The van der Waals surface area contributed by atoms with E-state index in [1.807, 2.05) is 18.2 Å². The van der Waals surface area contributed by atoms with Gasteiger partial charge in [-0.05, 0) is 44.5 Å². The highest BCUT2D eigenvalue weighted by Gasteiger charge is 2.15. The van der Waals surface area contributed by atoms with Gasteiger partial charge >= 0.3 is 0 Å². The number of aryl methyl sites for hydroxylation is 1. The summed E-state index contributed by atoms with van der Waals surface area (Å²) in [6.45, 7) is 6.74. The standard InChI is InChI=1S/C16H20N2O/c1-4-18(14-8-5-7-12(2)11-14)16-15(13(3)19)9-6-10-17-16/h5-11,13,19H,4H2,1-3H3/t13-/m0/s1. The Morgan fingerprint density at radius 3 is 2.68 bits per heavy atom. The second-order valence-corrected chi connectivity index (χ2v) is 4.68. The van der Waals surface area contributed by atoms with E-state index in [1.54, 1.807) is 13.1 Å². The highest BCUT2D eigenvalue weighted by atomic mass is 16.3. The number of pyridine rings is 1. The number of benzene rings is 1. The van der Waals surface area contributed by atoms with Gasteiger partial charge in [0.1, 0.15) is 5.82 Å². The van der Waals surface area contributed by atoms with Crippen LogP contribution in [0, 0.1) is 6.92 Å². The molecule has 0 radical (unpaired) electrons. The first-order valence-electron chi connectivity index (χ1n) is 6.60. The Bertz CT molecular complexity index is 552. The van der Waals surface area contributed by atoms with Crippen LogP contribution in [-0.4, -0.2) is 16.6 Å². The van der Waals surface area contributed by atoms with Gasteiger partial charge in [0, 0.05) is 24.0 Å².